The van der Waals surface area contributed by atoms with E-state index in [-0.39, 0.29) is 5.69 Å². The zero-order valence-electron chi connectivity index (χ0n) is 14.0. The average molecular weight is 350 g/mol. The molecule has 0 aliphatic carbocycles. The van der Waals surface area contributed by atoms with Gasteiger partial charge in [0.15, 0.2) is 12.1 Å². The first-order valence-corrected chi connectivity index (χ1v) is 7.84. The number of hydrogen-bond donors (Lipinski definition) is 1. The van der Waals surface area contributed by atoms with E-state index >= 15 is 0 Å². The van der Waals surface area contributed by atoms with Gasteiger partial charge in [0.05, 0.1) is 12.5 Å². The van der Waals surface area contributed by atoms with Gasteiger partial charge in [0, 0.05) is 19.2 Å². The molecule has 7 nitrogen and oxygen atoms in total. The standard InChI is InChI=1S/C18H15FN6O/c1-25-11-22-24-18(25)16-9-13(19)3-4-15(16)12-7-14(10-26)23-17(8-12)21-6-2-5-20/h3-4,7-11H,2,6H2,1H3,(H,21,23). The number of carbonyl (C=O) groups excluding carboxylic acids is 1. The highest BCUT2D eigenvalue weighted by Crippen LogP contribution is 2.32. The van der Waals surface area contributed by atoms with Crippen LogP contribution in [0.5, 0.6) is 0 Å². The van der Waals surface area contributed by atoms with Gasteiger partial charge in [-0.3, -0.25) is 4.79 Å². The summed E-state index contributed by atoms with van der Waals surface area (Å²) in [7, 11) is 1.77. The largest absolute Gasteiger partial charge is 0.369 e. The molecule has 0 atom stereocenters. The maximum absolute atomic E-state index is 13.8. The number of anilines is 1. The molecule has 0 radical (unpaired) electrons. The fourth-order valence-corrected chi connectivity index (χ4v) is 2.59. The first kappa shape index (κ1) is 17.2. The first-order chi connectivity index (χ1) is 12.6. The summed E-state index contributed by atoms with van der Waals surface area (Å²) < 4.78 is 15.5. The molecule has 0 amide bonds. The van der Waals surface area contributed by atoms with Crippen molar-refractivity contribution in [2.24, 2.45) is 7.05 Å². The Bertz CT molecular complexity index is 992. The number of nitriles is 1. The summed E-state index contributed by atoms with van der Waals surface area (Å²) >= 11 is 0. The lowest BCUT2D eigenvalue weighted by atomic mass is 9.99. The third-order valence-electron chi connectivity index (χ3n) is 3.75. The van der Waals surface area contributed by atoms with Crippen molar-refractivity contribution in [1.82, 2.24) is 19.7 Å². The Morgan fingerprint density at radius 2 is 2.15 bits per heavy atom. The molecule has 0 aliphatic heterocycles. The van der Waals surface area contributed by atoms with Crippen molar-refractivity contribution in [3.8, 4) is 28.6 Å². The molecule has 130 valence electrons. The van der Waals surface area contributed by atoms with Crippen molar-refractivity contribution < 1.29 is 9.18 Å². The van der Waals surface area contributed by atoms with Gasteiger partial charge in [-0.1, -0.05) is 6.07 Å². The summed E-state index contributed by atoms with van der Waals surface area (Å²) in [5.74, 6) is 0.569. The average Bonchev–Trinajstić information content (AvgIpc) is 3.07. The first-order valence-electron chi connectivity index (χ1n) is 7.84. The molecule has 0 bridgehead atoms. The topological polar surface area (TPSA) is 96.5 Å². The fraction of sp³-hybridized carbons (Fsp3) is 0.167. The van der Waals surface area contributed by atoms with E-state index in [0.29, 0.717) is 47.6 Å². The zero-order valence-corrected chi connectivity index (χ0v) is 14.0. The lowest BCUT2D eigenvalue weighted by Gasteiger charge is -2.12. The smallest absolute Gasteiger partial charge is 0.168 e. The molecule has 0 saturated carbocycles. The van der Waals surface area contributed by atoms with Gasteiger partial charge < -0.3 is 9.88 Å². The molecular weight excluding hydrogens is 335 g/mol. The monoisotopic (exact) mass is 350 g/mol. The Morgan fingerprint density at radius 1 is 1.31 bits per heavy atom. The van der Waals surface area contributed by atoms with E-state index < -0.39 is 5.82 Å². The number of carbonyl (C=O) groups is 1. The van der Waals surface area contributed by atoms with Crippen LogP contribution in [-0.4, -0.2) is 32.6 Å². The van der Waals surface area contributed by atoms with E-state index in [9.17, 15) is 9.18 Å². The van der Waals surface area contributed by atoms with Crippen LogP contribution in [0.15, 0.2) is 36.7 Å². The summed E-state index contributed by atoms with van der Waals surface area (Å²) in [6, 6.07) is 9.75. The lowest BCUT2D eigenvalue weighted by Crippen LogP contribution is -2.04. The van der Waals surface area contributed by atoms with Crippen molar-refractivity contribution in [2.45, 2.75) is 6.42 Å². The maximum Gasteiger partial charge on any atom is 0.168 e. The van der Waals surface area contributed by atoms with Crippen LogP contribution in [-0.2, 0) is 7.05 Å². The summed E-state index contributed by atoms with van der Waals surface area (Å²) in [5.41, 5.74) is 2.15. The van der Waals surface area contributed by atoms with Crippen molar-refractivity contribution >= 4 is 12.1 Å². The number of aldehydes is 1. The number of aryl methyl sites for hydroxylation is 1. The van der Waals surface area contributed by atoms with Crippen molar-refractivity contribution in [3.63, 3.8) is 0 Å². The van der Waals surface area contributed by atoms with Gasteiger partial charge in [-0.2, -0.15) is 5.26 Å². The molecular formula is C18H15FN6O. The van der Waals surface area contributed by atoms with Crippen LogP contribution in [0.3, 0.4) is 0 Å². The number of aromatic nitrogens is 4. The third-order valence-corrected chi connectivity index (χ3v) is 3.75. The number of halogens is 1. The second-order valence-corrected chi connectivity index (χ2v) is 5.57. The minimum Gasteiger partial charge on any atom is -0.369 e. The Morgan fingerprint density at radius 3 is 2.85 bits per heavy atom. The summed E-state index contributed by atoms with van der Waals surface area (Å²) in [5, 5.41) is 19.6. The SMILES string of the molecule is Cn1cnnc1-c1cc(F)ccc1-c1cc(C=O)nc(NCCC#N)c1. The van der Waals surface area contributed by atoms with Crippen molar-refractivity contribution in [2.75, 3.05) is 11.9 Å². The zero-order chi connectivity index (χ0) is 18.5. The van der Waals surface area contributed by atoms with Crippen LogP contribution in [0.2, 0.25) is 0 Å². The van der Waals surface area contributed by atoms with Crippen LogP contribution in [0.25, 0.3) is 22.5 Å². The predicted octanol–water partition coefficient (Wildman–Crippen LogP) is 2.82. The van der Waals surface area contributed by atoms with E-state index in [1.54, 1.807) is 29.8 Å². The summed E-state index contributed by atoms with van der Waals surface area (Å²) in [6.07, 6.45) is 2.48. The third kappa shape index (κ3) is 3.57. The normalized spacial score (nSPS) is 10.3. The molecule has 2 aromatic heterocycles. The van der Waals surface area contributed by atoms with Crippen LogP contribution in [0, 0.1) is 17.1 Å². The van der Waals surface area contributed by atoms with Gasteiger partial charge in [0.2, 0.25) is 0 Å². The number of benzene rings is 1. The molecule has 0 unspecified atom stereocenters. The van der Waals surface area contributed by atoms with Crippen LogP contribution in [0.1, 0.15) is 16.9 Å². The Labute approximate surface area is 149 Å². The fourth-order valence-electron chi connectivity index (χ4n) is 2.59. The van der Waals surface area contributed by atoms with Gasteiger partial charge in [-0.05, 0) is 35.4 Å². The van der Waals surface area contributed by atoms with Gasteiger partial charge in [0.1, 0.15) is 23.7 Å². The molecule has 0 spiro atoms. The minimum absolute atomic E-state index is 0.232. The number of pyridine rings is 1. The number of rotatable bonds is 6. The summed E-state index contributed by atoms with van der Waals surface area (Å²) in [4.78, 5) is 15.4. The van der Waals surface area contributed by atoms with Gasteiger partial charge in [-0.25, -0.2) is 9.37 Å². The number of hydrogen-bond acceptors (Lipinski definition) is 6. The lowest BCUT2D eigenvalue weighted by molar-refractivity contribution is 0.111. The molecule has 0 fully saturated rings. The molecule has 0 saturated heterocycles. The molecule has 0 aliphatic rings. The molecule has 3 aromatic rings. The van der Waals surface area contributed by atoms with Gasteiger partial charge >= 0.3 is 0 Å². The number of nitrogens with zero attached hydrogens (tertiary/aromatic N) is 5. The molecule has 26 heavy (non-hydrogen) atoms. The van der Waals surface area contributed by atoms with E-state index in [1.165, 1.54) is 18.5 Å². The van der Waals surface area contributed by atoms with Crippen LogP contribution < -0.4 is 5.32 Å². The maximum atomic E-state index is 13.8. The second-order valence-electron chi connectivity index (χ2n) is 5.57. The van der Waals surface area contributed by atoms with Crippen molar-refractivity contribution in [3.05, 3.63) is 48.2 Å². The number of nitrogens with one attached hydrogen (secondary N) is 1. The van der Waals surface area contributed by atoms with Crippen LogP contribution >= 0.6 is 0 Å². The van der Waals surface area contributed by atoms with E-state index in [1.807, 2.05) is 6.07 Å². The Hall–Kier alpha value is -3.60. The predicted molar refractivity (Wildman–Crippen MR) is 93.7 cm³/mol. The highest BCUT2D eigenvalue weighted by Gasteiger charge is 2.15. The van der Waals surface area contributed by atoms with E-state index in [4.69, 9.17) is 5.26 Å². The van der Waals surface area contributed by atoms with Gasteiger partial charge in [0.25, 0.3) is 0 Å². The highest BCUT2D eigenvalue weighted by atomic mass is 19.1. The summed E-state index contributed by atoms with van der Waals surface area (Å²) in [6.45, 7) is 0.408. The van der Waals surface area contributed by atoms with Gasteiger partial charge in [-0.15, -0.1) is 10.2 Å². The van der Waals surface area contributed by atoms with E-state index in [2.05, 4.69) is 20.5 Å². The molecule has 2 heterocycles. The Kier molecular flexibility index (Phi) is 4.99. The van der Waals surface area contributed by atoms with Crippen molar-refractivity contribution in [1.29, 1.82) is 5.26 Å². The highest BCUT2D eigenvalue weighted by molar-refractivity contribution is 5.85. The quantitative estimate of drug-likeness (QED) is 0.542. The minimum atomic E-state index is -0.399. The Balaban J connectivity index is 2.12. The molecule has 1 aromatic carbocycles. The molecule has 8 heteroatoms. The second kappa shape index (κ2) is 7.53. The van der Waals surface area contributed by atoms with E-state index in [0.717, 1.165) is 0 Å². The van der Waals surface area contributed by atoms with Crippen LogP contribution in [0.4, 0.5) is 10.2 Å². The molecule has 3 rings (SSSR count). The molecule has 1 N–H and O–H groups in total.